The Kier molecular flexibility index (Phi) is 7.76. The van der Waals surface area contributed by atoms with E-state index in [0.717, 1.165) is 10.1 Å². The third kappa shape index (κ3) is 4.29. The molecule has 2 aliphatic rings. The maximum Gasteiger partial charge on any atom is 0.0913 e. The molecule has 0 saturated carbocycles. The predicted octanol–water partition coefficient (Wildman–Crippen LogP) is 7.08. The molecule has 2 rings (SSSR count). The van der Waals surface area contributed by atoms with Gasteiger partial charge >= 0.3 is 0 Å². The Balaban J connectivity index is 0.00000338. The summed E-state index contributed by atoms with van der Waals surface area (Å²) in [5, 5.41) is 5.01. The first-order valence-electron chi connectivity index (χ1n) is 9.39. The van der Waals surface area contributed by atoms with Crippen molar-refractivity contribution in [2.24, 2.45) is 22.7 Å². The second-order valence-electron chi connectivity index (χ2n) is 9.89. The molecule has 0 radical (unpaired) electrons. The van der Waals surface area contributed by atoms with Crippen LogP contribution in [0.1, 0.15) is 69.2 Å². The van der Waals surface area contributed by atoms with E-state index in [9.17, 15) is 0 Å². The molecule has 0 aliphatic heterocycles. The van der Waals surface area contributed by atoms with E-state index in [1.54, 1.807) is 0 Å². The quantitative estimate of drug-likeness (QED) is 0.364. The molecule has 0 N–H and O–H groups in total. The van der Waals surface area contributed by atoms with Gasteiger partial charge in [-0.2, -0.15) is 0 Å². The van der Waals surface area contributed by atoms with Crippen LogP contribution in [0, 0.1) is 22.7 Å². The summed E-state index contributed by atoms with van der Waals surface area (Å²) in [4.78, 5) is 0. The van der Waals surface area contributed by atoms with Crippen LogP contribution in [0.3, 0.4) is 0 Å². The van der Waals surface area contributed by atoms with Crippen molar-refractivity contribution in [3.05, 3.63) is 42.7 Å². The van der Waals surface area contributed by atoms with Crippen LogP contribution in [-0.2, 0) is 26.2 Å². The molecule has 0 nitrogen and oxygen atoms in total. The van der Waals surface area contributed by atoms with E-state index in [-0.39, 0.29) is 37.0 Å². The Morgan fingerprint density at radius 1 is 0.692 bits per heavy atom. The fraction of sp³-hybridized carbons (Fsp3) is 0.636. The number of rotatable bonds is 2. The summed E-state index contributed by atoms with van der Waals surface area (Å²) >= 11 is 13.8. The van der Waals surface area contributed by atoms with Crippen LogP contribution in [0.4, 0.5) is 0 Å². The molecule has 0 heterocycles. The molecule has 0 aromatic carbocycles. The monoisotopic (exact) mass is 486 g/mol. The molecule has 0 bridgehead atoms. The molecule has 0 saturated heterocycles. The number of allylic oxidation sites excluding steroid dienone is 8. The molecule has 2 aliphatic carbocycles. The molecule has 26 heavy (non-hydrogen) atoms. The van der Waals surface area contributed by atoms with E-state index in [4.69, 9.17) is 23.2 Å². The van der Waals surface area contributed by atoms with Crippen LogP contribution in [-0.4, -0.2) is 9.52 Å². The Morgan fingerprint density at radius 3 is 1.19 bits per heavy atom. The SMILES string of the molecule is CC1=C(C(C)(C)C)C([SiH2]C2=C(Cl)C(C)C(C)=C2C(C)(C)C)=C(Cl)C1C.[Zr]. The largest absolute Gasteiger partial charge is 0.0913 e. The zero-order valence-corrected chi connectivity index (χ0v) is 23.5. The standard InChI is InChI=1S/C22H34Cl2Si.Zr/c1-11-13(3)17(23)19(15(11)21(5,6)7)25-20-16(22(8,9)10)12(2)14(4)18(20)24;/h13-14H,25H2,1-10H3;. The summed E-state index contributed by atoms with van der Waals surface area (Å²) in [6.45, 7) is 22.8. The molecule has 144 valence electrons. The van der Waals surface area contributed by atoms with E-state index < -0.39 is 9.52 Å². The zero-order valence-electron chi connectivity index (χ0n) is 18.1. The maximum atomic E-state index is 6.88. The topological polar surface area (TPSA) is 0 Å². The van der Waals surface area contributed by atoms with Crippen LogP contribution in [0.15, 0.2) is 42.7 Å². The van der Waals surface area contributed by atoms with E-state index in [1.165, 1.54) is 32.7 Å². The van der Waals surface area contributed by atoms with Gasteiger partial charge in [-0.1, -0.05) is 89.7 Å². The molecule has 0 spiro atoms. The molecular formula is C22H34Cl2SiZr. The minimum absolute atomic E-state index is 0. The van der Waals surface area contributed by atoms with E-state index in [2.05, 4.69) is 69.2 Å². The second-order valence-corrected chi connectivity index (χ2v) is 12.5. The van der Waals surface area contributed by atoms with Gasteiger partial charge in [0.25, 0.3) is 0 Å². The molecular weight excluding hydrogens is 454 g/mol. The summed E-state index contributed by atoms with van der Waals surface area (Å²) in [7, 11) is -0.733. The minimum atomic E-state index is -0.733. The van der Waals surface area contributed by atoms with Crippen LogP contribution in [0.25, 0.3) is 0 Å². The van der Waals surface area contributed by atoms with Gasteiger partial charge in [-0.15, -0.1) is 0 Å². The van der Waals surface area contributed by atoms with Gasteiger partial charge in [0, 0.05) is 48.1 Å². The molecule has 0 aromatic rings. The summed E-state index contributed by atoms with van der Waals surface area (Å²) in [6, 6.07) is 0. The molecule has 0 aromatic heterocycles. The zero-order chi connectivity index (χ0) is 19.5. The van der Waals surface area contributed by atoms with Crippen molar-refractivity contribution >= 4 is 32.7 Å². The van der Waals surface area contributed by atoms with Crippen molar-refractivity contribution < 1.29 is 26.2 Å². The van der Waals surface area contributed by atoms with Gasteiger partial charge in [-0.3, -0.25) is 0 Å². The van der Waals surface area contributed by atoms with Crippen molar-refractivity contribution in [1.29, 1.82) is 0 Å². The van der Waals surface area contributed by atoms with E-state index in [1.807, 2.05) is 0 Å². The Labute approximate surface area is 192 Å². The second kappa shape index (κ2) is 8.17. The molecule has 0 fully saturated rings. The summed E-state index contributed by atoms with van der Waals surface area (Å²) in [5.74, 6) is 0.694. The number of hydrogen-bond donors (Lipinski definition) is 0. The third-order valence-electron chi connectivity index (χ3n) is 5.88. The van der Waals surface area contributed by atoms with Gasteiger partial charge in [0.15, 0.2) is 0 Å². The van der Waals surface area contributed by atoms with Crippen molar-refractivity contribution in [1.82, 2.24) is 0 Å². The first kappa shape index (κ1) is 24.7. The first-order chi connectivity index (χ1) is 11.2. The Morgan fingerprint density at radius 2 is 0.962 bits per heavy atom. The van der Waals surface area contributed by atoms with E-state index in [0.29, 0.717) is 11.8 Å². The van der Waals surface area contributed by atoms with Crippen molar-refractivity contribution in [2.75, 3.05) is 0 Å². The smallest absolute Gasteiger partial charge is 0.0886 e. The Hall–Kier alpha value is 0.640. The first-order valence-corrected chi connectivity index (χ1v) is 11.6. The maximum absolute atomic E-state index is 6.88. The van der Waals surface area contributed by atoms with E-state index >= 15 is 0 Å². The van der Waals surface area contributed by atoms with Gasteiger partial charge in [-0.05, 0) is 46.2 Å². The van der Waals surface area contributed by atoms with Gasteiger partial charge in [0.2, 0.25) is 0 Å². The number of hydrogen-bond acceptors (Lipinski definition) is 0. The average molecular weight is 489 g/mol. The fourth-order valence-corrected chi connectivity index (χ4v) is 8.85. The molecule has 0 amide bonds. The van der Waals surface area contributed by atoms with Gasteiger partial charge in [0.05, 0.1) is 9.52 Å². The van der Waals surface area contributed by atoms with Crippen LogP contribution >= 0.6 is 23.2 Å². The van der Waals surface area contributed by atoms with Crippen molar-refractivity contribution in [3.8, 4) is 0 Å². The van der Waals surface area contributed by atoms with Crippen LogP contribution < -0.4 is 0 Å². The predicted molar refractivity (Wildman–Crippen MR) is 117 cm³/mol. The third-order valence-corrected chi connectivity index (χ3v) is 9.62. The van der Waals surface area contributed by atoms with Gasteiger partial charge < -0.3 is 0 Å². The van der Waals surface area contributed by atoms with Crippen molar-refractivity contribution in [3.63, 3.8) is 0 Å². The summed E-state index contributed by atoms with van der Waals surface area (Å²) in [6.07, 6.45) is 0. The Bertz CT molecular complexity index is 662. The normalized spacial score (nSPS) is 25.4. The molecule has 2 atom stereocenters. The average Bonchev–Trinajstić information content (AvgIpc) is 2.79. The number of halogens is 2. The van der Waals surface area contributed by atoms with Gasteiger partial charge in [-0.25, -0.2) is 0 Å². The van der Waals surface area contributed by atoms with Crippen LogP contribution in [0.5, 0.6) is 0 Å². The van der Waals surface area contributed by atoms with Gasteiger partial charge in [0.1, 0.15) is 0 Å². The summed E-state index contributed by atoms with van der Waals surface area (Å²) < 4.78 is 0. The molecule has 4 heteroatoms. The minimum Gasteiger partial charge on any atom is -0.0886 e. The fourth-order valence-electron chi connectivity index (χ4n) is 4.66. The van der Waals surface area contributed by atoms with Crippen molar-refractivity contribution in [2.45, 2.75) is 69.2 Å². The summed E-state index contributed by atoms with van der Waals surface area (Å²) in [5.41, 5.74) is 6.10. The molecule has 2 unspecified atom stereocenters. The van der Waals surface area contributed by atoms with Crippen LogP contribution in [0.2, 0.25) is 0 Å².